The molecule has 2 rings (SSSR count). The maximum atomic E-state index is 11.9. The van der Waals surface area contributed by atoms with Crippen LogP contribution in [0.1, 0.15) is 5.56 Å². The van der Waals surface area contributed by atoms with Crippen molar-refractivity contribution in [2.75, 3.05) is 20.8 Å². The molecule has 0 radical (unpaired) electrons. The highest BCUT2D eigenvalue weighted by atomic mass is 16.6. The number of hydrogen-bond acceptors (Lipinski definition) is 9. The van der Waals surface area contributed by atoms with Gasteiger partial charge in [-0.25, -0.2) is 9.59 Å². The van der Waals surface area contributed by atoms with Crippen LogP contribution in [0.3, 0.4) is 0 Å². The zero-order valence-corrected chi connectivity index (χ0v) is 14.2. The third-order valence-electron chi connectivity index (χ3n) is 3.80. The molecule has 0 spiro atoms. The lowest BCUT2D eigenvalue weighted by Crippen LogP contribution is -2.56. The molecule has 4 atom stereocenters. The Morgan fingerprint density at radius 1 is 1.23 bits per heavy atom. The molecule has 0 aliphatic carbocycles. The Labute approximate surface area is 149 Å². The fraction of sp³-hybridized carbons (Fsp3) is 0.412. The Bertz CT molecular complexity index is 685. The SMILES string of the molecule is COC(=O)C1OCC(OC(=O)/C=C/c2ccc(O)c(OC)c2)C(O)C1O. The summed E-state index contributed by atoms with van der Waals surface area (Å²) in [7, 11) is 2.52. The standard InChI is InChI=1S/C17H20O9/c1-23-11-7-9(3-5-10(11)18)4-6-13(19)26-12-8-25-16(17(22)24-2)15(21)14(12)20/h3-7,12,14-16,18,20-21H,8H2,1-2H3/b6-4+. The van der Waals surface area contributed by atoms with Crippen LogP contribution < -0.4 is 4.74 Å². The van der Waals surface area contributed by atoms with Gasteiger partial charge in [-0.2, -0.15) is 0 Å². The summed E-state index contributed by atoms with van der Waals surface area (Å²) in [6.45, 7) is -0.273. The Balaban J connectivity index is 1.96. The van der Waals surface area contributed by atoms with Crippen molar-refractivity contribution in [1.29, 1.82) is 0 Å². The second kappa shape index (κ2) is 8.65. The monoisotopic (exact) mass is 368 g/mol. The van der Waals surface area contributed by atoms with Gasteiger partial charge in [-0.05, 0) is 23.8 Å². The van der Waals surface area contributed by atoms with E-state index in [1.54, 1.807) is 6.07 Å². The Kier molecular flexibility index (Phi) is 6.56. The van der Waals surface area contributed by atoms with Crippen LogP contribution in [0.5, 0.6) is 11.5 Å². The van der Waals surface area contributed by atoms with Gasteiger partial charge in [-0.3, -0.25) is 0 Å². The van der Waals surface area contributed by atoms with Gasteiger partial charge in [-0.1, -0.05) is 6.07 Å². The van der Waals surface area contributed by atoms with Crippen LogP contribution in [-0.2, 0) is 23.8 Å². The molecule has 1 aliphatic heterocycles. The summed E-state index contributed by atoms with van der Waals surface area (Å²) < 4.78 is 19.6. The summed E-state index contributed by atoms with van der Waals surface area (Å²) in [6, 6.07) is 4.49. The van der Waals surface area contributed by atoms with E-state index in [0.29, 0.717) is 5.56 Å². The summed E-state index contributed by atoms with van der Waals surface area (Å²) in [5.41, 5.74) is 0.572. The molecule has 9 heteroatoms. The zero-order valence-electron chi connectivity index (χ0n) is 14.2. The molecule has 9 nitrogen and oxygen atoms in total. The van der Waals surface area contributed by atoms with E-state index in [-0.39, 0.29) is 18.1 Å². The normalized spacial score (nSPS) is 25.7. The molecule has 1 aromatic rings. The van der Waals surface area contributed by atoms with Gasteiger partial charge in [0.2, 0.25) is 0 Å². The van der Waals surface area contributed by atoms with Crippen LogP contribution in [0.25, 0.3) is 6.08 Å². The average Bonchev–Trinajstić information content (AvgIpc) is 2.64. The Morgan fingerprint density at radius 2 is 1.96 bits per heavy atom. The number of esters is 2. The minimum Gasteiger partial charge on any atom is -0.504 e. The van der Waals surface area contributed by atoms with Crippen molar-refractivity contribution in [3.63, 3.8) is 0 Å². The summed E-state index contributed by atoms with van der Waals surface area (Å²) in [6.07, 6.45) is -3.04. The lowest BCUT2D eigenvalue weighted by atomic mass is 10.00. The Morgan fingerprint density at radius 3 is 2.62 bits per heavy atom. The summed E-state index contributed by atoms with van der Waals surface area (Å²) >= 11 is 0. The number of methoxy groups -OCH3 is 2. The molecular formula is C17H20O9. The highest BCUT2D eigenvalue weighted by Crippen LogP contribution is 2.26. The molecule has 3 N–H and O–H groups in total. The number of ether oxygens (including phenoxy) is 4. The van der Waals surface area contributed by atoms with Crippen molar-refractivity contribution >= 4 is 18.0 Å². The smallest absolute Gasteiger partial charge is 0.337 e. The number of aromatic hydroxyl groups is 1. The maximum absolute atomic E-state index is 11.9. The van der Waals surface area contributed by atoms with Gasteiger partial charge >= 0.3 is 11.9 Å². The predicted molar refractivity (Wildman–Crippen MR) is 87.3 cm³/mol. The van der Waals surface area contributed by atoms with Crippen molar-refractivity contribution in [1.82, 2.24) is 0 Å². The van der Waals surface area contributed by atoms with E-state index in [1.807, 2.05) is 0 Å². The first kappa shape index (κ1) is 19.7. The van der Waals surface area contributed by atoms with Crippen molar-refractivity contribution in [3.05, 3.63) is 29.8 Å². The zero-order chi connectivity index (χ0) is 19.3. The lowest BCUT2D eigenvalue weighted by molar-refractivity contribution is -0.211. The van der Waals surface area contributed by atoms with E-state index < -0.39 is 36.4 Å². The fourth-order valence-corrected chi connectivity index (χ4v) is 2.37. The third kappa shape index (κ3) is 4.51. The molecule has 1 saturated heterocycles. The summed E-state index contributed by atoms with van der Waals surface area (Å²) in [5.74, 6) is -1.41. The average molecular weight is 368 g/mol. The third-order valence-corrected chi connectivity index (χ3v) is 3.80. The summed E-state index contributed by atoms with van der Waals surface area (Å²) in [5, 5.41) is 29.4. The lowest BCUT2D eigenvalue weighted by Gasteiger charge is -2.35. The van der Waals surface area contributed by atoms with Crippen LogP contribution >= 0.6 is 0 Å². The maximum Gasteiger partial charge on any atom is 0.337 e. The number of aliphatic hydroxyl groups is 2. The van der Waals surface area contributed by atoms with Gasteiger partial charge in [0, 0.05) is 6.08 Å². The van der Waals surface area contributed by atoms with E-state index >= 15 is 0 Å². The van der Waals surface area contributed by atoms with Crippen LogP contribution in [0.15, 0.2) is 24.3 Å². The van der Waals surface area contributed by atoms with E-state index in [4.69, 9.17) is 14.2 Å². The minimum absolute atomic E-state index is 0.0381. The number of phenols is 1. The van der Waals surface area contributed by atoms with Gasteiger partial charge in [-0.15, -0.1) is 0 Å². The van der Waals surface area contributed by atoms with E-state index in [1.165, 1.54) is 25.3 Å². The number of rotatable bonds is 5. The first-order chi connectivity index (χ1) is 12.4. The Hall–Kier alpha value is -2.62. The number of aliphatic hydroxyl groups excluding tert-OH is 2. The molecule has 0 amide bonds. The van der Waals surface area contributed by atoms with Gasteiger partial charge in [0.25, 0.3) is 0 Å². The van der Waals surface area contributed by atoms with Gasteiger partial charge in [0.05, 0.1) is 20.8 Å². The molecule has 1 fully saturated rings. The molecule has 0 aromatic heterocycles. The van der Waals surface area contributed by atoms with Gasteiger partial charge in [0.1, 0.15) is 12.2 Å². The van der Waals surface area contributed by atoms with E-state index in [9.17, 15) is 24.9 Å². The van der Waals surface area contributed by atoms with Gasteiger partial charge in [0.15, 0.2) is 23.7 Å². The van der Waals surface area contributed by atoms with E-state index in [2.05, 4.69) is 4.74 Å². The molecular weight excluding hydrogens is 348 g/mol. The fourth-order valence-electron chi connectivity index (χ4n) is 2.37. The quantitative estimate of drug-likeness (QED) is 0.470. The number of carbonyl (C=O) groups excluding carboxylic acids is 2. The molecule has 26 heavy (non-hydrogen) atoms. The highest BCUT2D eigenvalue weighted by molar-refractivity contribution is 5.87. The number of carbonyl (C=O) groups is 2. The highest BCUT2D eigenvalue weighted by Gasteiger charge is 2.44. The topological polar surface area (TPSA) is 132 Å². The van der Waals surface area contributed by atoms with Crippen molar-refractivity contribution in [2.45, 2.75) is 24.4 Å². The van der Waals surface area contributed by atoms with E-state index in [0.717, 1.165) is 13.2 Å². The predicted octanol–water partition coefficient (Wildman–Crippen LogP) is -0.381. The summed E-state index contributed by atoms with van der Waals surface area (Å²) in [4.78, 5) is 23.3. The van der Waals surface area contributed by atoms with Crippen molar-refractivity contribution in [3.8, 4) is 11.5 Å². The second-order valence-corrected chi connectivity index (χ2v) is 5.50. The second-order valence-electron chi connectivity index (χ2n) is 5.50. The van der Waals surface area contributed by atoms with Crippen LogP contribution in [0.2, 0.25) is 0 Å². The molecule has 4 unspecified atom stereocenters. The first-order valence-corrected chi connectivity index (χ1v) is 7.68. The van der Waals surface area contributed by atoms with Crippen LogP contribution in [0.4, 0.5) is 0 Å². The molecule has 142 valence electrons. The molecule has 1 aromatic carbocycles. The molecule has 0 bridgehead atoms. The van der Waals surface area contributed by atoms with Crippen LogP contribution in [0, 0.1) is 0 Å². The largest absolute Gasteiger partial charge is 0.504 e. The molecule has 0 saturated carbocycles. The van der Waals surface area contributed by atoms with Crippen LogP contribution in [-0.4, -0.2) is 72.5 Å². The molecule has 1 aliphatic rings. The van der Waals surface area contributed by atoms with Crippen molar-refractivity contribution < 1.29 is 43.9 Å². The first-order valence-electron chi connectivity index (χ1n) is 7.68. The minimum atomic E-state index is -1.58. The molecule has 1 heterocycles. The number of phenolic OH excluding ortho intramolecular Hbond substituents is 1. The number of benzene rings is 1. The van der Waals surface area contributed by atoms with Gasteiger partial charge < -0.3 is 34.3 Å². The number of hydrogen-bond donors (Lipinski definition) is 3. The van der Waals surface area contributed by atoms with Crippen molar-refractivity contribution in [2.24, 2.45) is 0 Å².